The largest absolute Gasteiger partial charge is 0.495 e. The zero-order chi connectivity index (χ0) is 29.1. The Labute approximate surface area is 230 Å². The van der Waals surface area contributed by atoms with Crippen LogP contribution in [0.1, 0.15) is 41.9 Å². The number of hydrogen-bond acceptors (Lipinski definition) is 6. The topological polar surface area (TPSA) is 134 Å². The van der Waals surface area contributed by atoms with Gasteiger partial charge in [-0.1, -0.05) is 23.7 Å². The van der Waals surface area contributed by atoms with Gasteiger partial charge >= 0.3 is 0 Å². The van der Waals surface area contributed by atoms with Crippen molar-refractivity contribution in [2.45, 2.75) is 25.8 Å². The van der Waals surface area contributed by atoms with Crippen molar-refractivity contribution in [3.05, 3.63) is 87.3 Å². The Bertz CT molecular complexity index is 1660. The number of nitrogens with two attached hydrogens (primary N) is 1. The van der Waals surface area contributed by atoms with Crippen molar-refractivity contribution in [3.8, 4) is 22.6 Å². The van der Waals surface area contributed by atoms with Gasteiger partial charge in [0.15, 0.2) is 0 Å². The Morgan fingerprint density at radius 2 is 1.88 bits per heavy atom. The van der Waals surface area contributed by atoms with Crippen molar-refractivity contribution < 1.29 is 27.5 Å². The molecular formula is C26H22ClF3N6O4. The molecule has 10 nitrogen and oxygen atoms in total. The number of halogens is 4. The van der Waals surface area contributed by atoms with E-state index < -0.39 is 41.4 Å². The van der Waals surface area contributed by atoms with Crippen LogP contribution in [0.5, 0.6) is 5.75 Å². The summed E-state index contributed by atoms with van der Waals surface area (Å²) >= 11 is 6.21. The molecule has 0 aliphatic heterocycles. The molecule has 40 heavy (non-hydrogen) atoms. The first kappa shape index (κ1) is 28.4. The van der Waals surface area contributed by atoms with Gasteiger partial charge in [0.1, 0.15) is 23.3 Å². The molecule has 0 radical (unpaired) electrons. The number of alkyl halides is 2. The molecule has 4 aromatic rings. The number of nitrogens with one attached hydrogen (secondary N) is 1. The van der Waals surface area contributed by atoms with Crippen LogP contribution >= 0.6 is 11.6 Å². The van der Waals surface area contributed by atoms with Gasteiger partial charge in [-0.25, -0.2) is 17.9 Å². The lowest BCUT2D eigenvalue weighted by molar-refractivity contribution is -0.119. The number of rotatable bonds is 9. The molecule has 2 heterocycles. The molecule has 0 aliphatic carbocycles. The highest BCUT2D eigenvalue weighted by Gasteiger charge is 2.24. The molecule has 3 N–H and O–H groups in total. The summed E-state index contributed by atoms with van der Waals surface area (Å²) in [6.07, 6.45) is -0.272. The smallest absolute Gasteiger partial charge is 0.283 e. The minimum Gasteiger partial charge on any atom is -0.495 e. The van der Waals surface area contributed by atoms with Crippen molar-refractivity contribution in [2.75, 3.05) is 12.4 Å². The van der Waals surface area contributed by atoms with Crippen LogP contribution in [0.15, 0.2) is 59.7 Å². The van der Waals surface area contributed by atoms with Gasteiger partial charge in [-0.05, 0) is 42.8 Å². The van der Waals surface area contributed by atoms with E-state index in [4.69, 9.17) is 22.1 Å². The normalized spacial score (nSPS) is 11.9. The number of pyridine rings is 1. The average Bonchev–Trinajstić information content (AvgIpc) is 3.40. The molecule has 0 saturated carbocycles. The van der Waals surface area contributed by atoms with E-state index in [-0.39, 0.29) is 29.0 Å². The van der Waals surface area contributed by atoms with Crippen LogP contribution in [0.25, 0.3) is 16.8 Å². The quantitative estimate of drug-likeness (QED) is 0.302. The molecule has 1 atom stereocenters. The van der Waals surface area contributed by atoms with Gasteiger partial charge in [0.2, 0.25) is 5.91 Å². The zero-order valence-corrected chi connectivity index (χ0v) is 21.8. The van der Waals surface area contributed by atoms with Crippen molar-refractivity contribution in [2.24, 2.45) is 5.73 Å². The van der Waals surface area contributed by atoms with Gasteiger partial charge in [-0.15, -0.1) is 5.10 Å². The Morgan fingerprint density at radius 1 is 1.12 bits per heavy atom. The fourth-order valence-corrected chi connectivity index (χ4v) is 4.26. The number of amides is 2. The Morgan fingerprint density at radius 3 is 2.48 bits per heavy atom. The number of primary amides is 1. The van der Waals surface area contributed by atoms with E-state index in [2.05, 4.69) is 15.6 Å². The van der Waals surface area contributed by atoms with E-state index in [9.17, 15) is 27.6 Å². The van der Waals surface area contributed by atoms with E-state index in [1.54, 1.807) is 6.92 Å². The van der Waals surface area contributed by atoms with E-state index in [0.29, 0.717) is 16.3 Å². The summed E-state index contributed by atoms with van der Waals surface area (Å²) in [6, 6.07) is 8.14. The molecule has 2 aromatic heterocycles. The van der Waals surface area contributed by atoms with Crippen LogP contribution in [-0.2, 0) is 4.79 Å². The highest BCUT2D eigenvalue weighted by molar-refractivity contribution is 6.31. The van der Waals surface area contributed by atoms with Crippen molar-refractivity contribution in [3.63, 3.8) is 0 Å². The lowest BCUT2D eigenvalue weighted by atomic mass is 10.0. The number of hydrogen-bond donors (Lipinski definition) is 2. The molecule has 208 valence electrons. The molecule has 14 heteroatoms. The lowest BCUT2D eigenvalue weighted by Gasteiger charge is -2.21. The first-order valence-electron chi connectivity index (χ1n) is 11.7. The minimum absolute atomic E-state index is 0.0575. The molecule has 0 spiro atoms. The van der Waals surface area contributed by atoms with Crippen LogP contribution in [0, 0.1) is 5.82 Å². The average molecular weight is 575 g/mol. The second-order valence-corrected chi connectivity index (χ2v) is 8.96. The van der Waals surface area contributed by atoms with Crippen molar-refractivity contribution >= 4 is 29.1 Å². The van der Waals surface area contributed by atoms with Gasteiger partial charge < -0.3 is 15.8 Å². The van der Waals surface area contributed by atoms with E-state index in [0.717, 1.165) is 27.6 Å². The van der Waals surface area contributed by atoms with Gasteiger partial charge in [0, 0.05) is 27.9 Å². The third kappa shape index (κ3) is 5.69. The number of anilines is 1. The summed E-state index contributed by atoms with van der Waals surface area (Å²) in [5.41, 5.74) is 4.60. The van der Waals surface area contributed by atoms with E-state index in [1.165, 1.54) is 43.6 Å². The Balaban J connectivity index is 1.73. The zero-order valence-electron chi connectivity index (χ0n) is 21.1. The van der Waals surface area contributed by atoms with Gasteiger partial charge in [0.25, 0.3) is 17.9 Å². The minimum atomic E-state index is -2.84. The van der Waals surface area contributed by atoms with Crippen LogP contribution < -0.4 is 21.3 Å². The van der Waals surface area contributed by atoms with E-state index in [1.807, 2.05) is 0 Å². The molecule has 4 rings (SSSR count). The number of ether oxygens (including phenoxy) is 1. The first-order chi connectivity index (χ1) is 19.0. The van der Waals surface area contributed by atoms with Crippen LogP contribution in [0.3, 0.4) is 0 Å². The Kier molecular flexibility index (Phi) is 8.24. The van der Waals surface area contributed by atoms with Gasteiger partial charge in [0.05, 0.1) is 30.8 Å². The summed E-state index contributed by atoms with van der Waals surface area (Å²) in [7, 11) is 1.35. The number of aromatic nitrogens is 4. The molecule has 0 bridgehead atoms. The summed E-state index contributed by atoms with van der Waals surface area (Å²) in [5, 5.41) is 10.1. The Hall–Kier alpha value is -4.65. The van der Waals surface area contributed by atoms with Gasteiger partial charge in [-0.2, -0.15) is 0 Å². The maximum absolute atomic E-state index is 14.2. The number of methoxy groups -OCH3 is 1. The van der Waals surface area contributed by atoms with Crippen LogP contribution in [0.2, 0.25) is 5.02 Å². The molecular weight excluding hydrogens is 553 g/mol. The van der Waals surface area contributed by atoms with E-state index >= 15 is 0 Å². The number of carbonyl (C=O) groups excluding carboxylic acids is 2. The van der Waals surface area contributed by atoms with Crippen LogP contribution in [-0.4, -0.2) is 38.5 Å². The fourth-order valence-electron chi connectivity index (χ4n) is 4.09. The predicted octanol–water partition coefficient (Wildman–Crippen LogP) is 4.52. The summed E-state index contributed by atoms with van der Waals surface area (Å²) in [5.74, 6) is -2.33. The van der Waals surface area contributed by atoms with Crippen LogP contribution in [0.4, 0.5) is 18.9 Å². The first-order valence-corrected chi connectivity index (χ1v) is 12.1. The third-order valence-electron chi connectivity index (χ3n) is 6.02. The molecule has 0 saturated heterocycles. The highest BCUT2D eigenvalue weighted by Crippen LogP contribution is 2.35. The maximum atomic E-state index is 14.2. The molecule has 2 aromatic carbocycles. The number of nitrogens with zero attached hydrogens (tertiary/aromatic N) is 4. The maximum Gasteiger partial charge on any atom is 0.283 e. The summed E-state index contributed by atoms with van der Waals surface area (Å²) < 4.78 is 48.2. The number of carbonyl (C=O) groups is 2. The second kappa shape index (κ2) is 11.6. The van der Waals surface area contributed by atoms with Crippen molar-refractivity contribution in [1.29, 1.82) is 0 Å². The standard InChI is InChI=1S/C26H22ClF3N6O4/c1-3-20(26(39)32-14-5-6-15(25(31)38)18(28)9-14)35-12-22(40-2)17(10-23(35)37)16-8-13(27)4-7-21(16)36-11-19(24(29)30)33-34-36/h4-12,20,24H,3H2,1-2H3,(H2,31,38)(H,32,39). The van der Waals surface area contributed by atoms with Crippen molar-refractivity contribution in [1.82, 2.24) is 19.6 Å². The highest BCUT2D eigenvalue weighted by atomic mass is 35.5. The van der Waals surface area contributed by atoms with Gasteiger partial charge in [-0.3, -0.25) is 19.0 Å². The summed E-state index contributed by atoms with van der Waals surface area (Å²) in [4.78, 5) is 37.7. The lowest BCUT2D eigenvalue weighted by Crippen LogP contribution is -2.32. The monoisotopic (exact) mass is 574 g/mol. The number of benzene rings is 2. The molecule has 0 aliphatic rings. The molecule has 0 fully saturated rings. The summed E-state index contributed by atoms with van der Waals surface area (Å²) in [6.45, 7) is 1.67. The molecule has 1 unspecified atom stereocenters. The second-order valence-electron chi connectivity index (χ2n) is 8.52. The SMILES string of the molecule is CCC(C(=O)Nc1ccc(C(N)=O)c(F)c1)n1cc(OC)c(-c2cc(Cl)ccc2-n2cc(C(F)F)nn2)cc1=O. The molecule has 2 amide bonds. The predicted molar refractivity (Wildman–Crippen MR) is 140 cm³/mol. The fraction of sp³-hybridized carbons (Fsp3) is 0.192. The third-order valence-corrected chi connectivity index (χ3v) is 6.26.